The van der Waals surface area contributed by atoms with Crippen molar-refractivity contribution in [2.24, 2.45) is 0 Å². The third-order valence-electron chi connectivity index (χ3n) is 4.58. The Morgan fingerprint density at radius 3 is 2.42 bits per heavy atom. The molecule has 0 aliphatic carbocycles. The predicted octanol–water partition coefficient (Wildman–Crippen LogP) is 3.46. The molecule has 2 aromatic carbocycles. The van der Waals surface area contributed by atoms with Crippen molar-refractivity contribution < 1.29 is 13.2 Å². The van der Waals surface area contributed by atoms with Crippen molar-refractivity contribution in [1.29, 1.82) is 0 Å². The summed E-state index contributed by atoms with van der Waals surface area (Å²) in [5.74, 6) is -0.0750. The van der Waals surface area contributed by atoms with Gasteiger partial charge in [-0.25, -0.2) is 8.42 Å². The van der Waals surface area contributed by atoms with E-state index in [0.29, 0.717) is 5.56 Å². The molecule has 0 spiro atoms. The average molecular weight is 343 g/mol. The second-order valence-corrected chi connectivity index (χ2v) is 8.22. The highest BCUT2D eigenvalue weighted by atomic mass is 32.2. The number of hydrogen-bond donors (Lipinski definition) is 0. The van der Waals surface area contributed by atoms with Crippen molar-refractivity contribution in [3.8, 4) is 0 Å². The Labute approximate surface area is 143 Å². The van der Waals surface area contributed by atoms with Gasteiger partial charge in [-0.3, -0.25) is 4.79 Å². The summed E-state index contributed by atoms with van der Waals surface area (Å²) in [6, 6.07) is 14.4. The molecular formula is C19H21NO3S. The van der Waals surface area contributed by atoms with E-state index in [1.54, 1.807) is 12.1 Å². The summed E-state index contributed by atoms with van der Waals surface area (Å²) < 4.78 is 23.2. The largest absolute Gasteiger partial charge is 0.305 e. The Hall–Kier alpha value is -2.14. The summed E-state index contributed by atoms with van der Waals surface area (Å²) in [5.41, 5.74) is 2.66. The minimum Gasteiger partial charge on any atom is -0.305 e. The molecule has 0 bridgehead atoms. The molecule has 24 heavy (non-hydrogen) atoms. The maximum absolute atomic E-state index is 13.1. The number of nitrogens with zero attached hydrogens (tertiary/aromatic N) is 1. The maximum Gasteiger partial charge on any atom is 0.258 e. The van der Waals surface area contributed by atoms with Crippen LogP contribution in [0, 0.1) is 0 Å². The van der Waals surface area contributed by atoms with Crippen LogP contribution in [0.25, 0.3) is 0 Å². The molecular weight excluding hydrogens is 322 g/mol. The van der Waals surface area contributed by atoms with Crippen LogP contribution in [0.4, 0.5) is 5.69 Å². The molecule has 1 aliphatic heterocycles. The number of amides is 1. The summed E-state index contributed by atoms with van der Waals surface area (Å²) >= 11 is 0. The van der Waals surface area contributed by atoms with Crippen molar-refractivity contribution in [2.45, 2.75) is 37.1 Å². The number of rotatable bonds is 3. The van der Waals surface area contributed by atoms with Crippen molar-refractivity contribution in [2.75, 3.05) is 11.2 Å². The van der Waals surface area contributed by atoms with Crippen LogP contribution in [0.1, 0.15) is 35.7 Å². The molecule has 126 valence electrons. The predicted molar refractivity (Wildman–Crippen MR) is 95.2 cm³/mol. The van der Waals surface area contributed by atoms with Crippen LogP contribution in [-0.2, 0) is 16.3 Å². The number of para-hydroxylation sites is 1. The molecule has 3 rings (SSSR count). The number of sulfone groups is 1. The average Bonchev–Trinajstić information content (AvgIpc) is 2.59. The van der Waals surface area contributed by atoms with Gasteiger partial charge in [-0.2, -0.15) is 0 Å². The number of aryl methyl sites for hydroxylation is 1. The van der Waals surface area contributed by atoms with Crippen LogP contribution in [0.15, 0.2) is 53.4 Å². The Kier molecular flexibility index (Phi) is 4.45. The van der Waals surface area contributed by atoms with E-state index in [1.807, 2.05) is 23.1 Å². The van der Waals surface area contributed by atoms with Gasteiger partial charge in [-0.1, -0.05) is 25.1 Å². The number of fused-ring (bicyclic) bond motifs is 1. The molecule has 1 unspecified atom stereocenters. The highest BCUT2D eigenvalue weighted by molar-refractivity contribution is 7.90. The Balaban J connectivity index is 1.99. The van der Waals surface area contributed by atoms with Gasteiger partial charge in [0.15, 0.2) is 9.84 Å². The molecule has 0 N–H and O–H groups in total. The molecule has 0 fully saturated rings. The van der Waals surface area contributed by atoms with E-state index >= 15 is 0 Å². The van der Waals surface area contributed by atoms with Crippen LogP contribution in [-0.4, -0.2) is 26.6 Å². The number of carbonyl (C=O) groups excluding carboxylic acids is 1. The van der Waals surface area contributed by atoms with Crippen LogP contribution < -0.4 is 4.90 Å². The van der Waals surface area contributed by atoms with Gasteiger partial charge < -0.3 is 4.90 Å². The van der Waals surface area contributed by atoms with Crippen molar-refractivity contribution in [1.82, 2.24) is 0 Å². The summed E-state index contributed by atoms with van der Waals surface area (Å²) in [7, 11) is -3.26. The quantitative estimate of drug-likeness (QED) is 0.857. The summed E-state index contributed by atoms with van der Waals surface area (Å²) in [5, 5.41) is 0. The molecule has 1 heterocycles. The van der Waals surface area contributed by atoms with Crippen molar-refractivity contribution >= 4 is 21.4 Å². The SMILES string of the molecule is CCC1CCc2ccccc2N1C(=O)c1ccc(S(C)(=O)=O)cc1. The zero-order valence-electron chi connectivity index (χ0n) is 13.9. The van der Waals surface area contributed by atoms with Crippen molar-refractivity contribution in [3.05, 3.63) is 59.7 Å². The first kappa shape index (κ1) is 16.7. The van der Waals surface area contributed by atoms with Crippen LogP contribution in [0.2, 0.25) is 0 Å². The molecule has 2 aromatic rings. The summed E-state index contributed by atoms with van der Waals surface area (Å²) in [6.45, 7) is 2.09. The highest BCUT2D eigenvalue weighted by Crippen LogP contribution is 2.33. The van der Waals surface area contributed by atoms with E-state index in [1.165, 1.54) is 17.7 Å². The second-order valence-electron chi connectivity index (χ2n) is 6.20. The van der Waals surface area contributed by atoms with Gasteiger partial charge in [-0.05, 0) is 55.2 Å². The lowest BCUT2D eigenvalue weighted by molar-refractivity contribution is 0.0972. The highest BCUT2D eigenvalue weighted by Gasteiger charge is 2.30. The summed E-state index contributed by atoms with van der Waals surface area (Å²) in [4.78, 5) is 15.2. The first-order valence-corrected chi connectivity index (χ1v) is 10.0. The minimum absolute atomic E-state index is 0.0750. The van der Waals surface area contributed by atoms with Gasteiger partial charge in [0.1, 0.15) is 0 Å². The maximum atomic E-state index is 13.1. The number of hydrogen-bond acceptors (Lipinski definition) is 3. The molecule has 0 saturated heterocycles. The van der Waals surface area contributed by atoms with E-state index in [-0.39, 0.29) is 16.8 Å². The lowest BCUT2D eigenvalue weighted by Crippen LogP contribution is -2.43. The molecule has 5 heteroatoms. The fraction of sp³-hybridized carbons (Fsp3) is 0.316. The standard InChI is InChI=1S/C19H21NO3S/c1-3-16-11-8-14-6-4-5-7-18(14)20(16)19(21)15-9-12-17(13-10-15)24(2,22)23/h4-7,9-10,12-13,16H,3,8,11H2,1-2H3. The normalized spacial score (nSPS) is 17.4. The zero-order valence-corrected chi connectivity index (χ0v) is 14.7. The Morgan fingerprint density at radius 1 is 1.12 bits per heavy atom. The van der Waals surface area contributed by atoms with Crippen LogP contribution in [0.3, 0.4) is 0 Å². The van der Waals surface area contributed by atoms with E-state index in [4.69, 9.17) is 0 Å². The van der Waals surface area contributed by atoms with Gasteiger partial charge in [0.2, 0.25) is 0 Å². The third-order valence-corrected chi connectivity index (χ3v) is 5.71. The molecule has 0 saturated carbocycles. The van der Waals surface area contributed by atoms with Crippen LogP contribution in [0.5, 0.6) is 0 Å². The third kappa shape index (κ3) is 3.08. The first-order valence-electron chi connectivity index (χ1n) is 8.13. The fourth-order valence-electron chi connectivity index (χ4n) is 3.25. The molecule has 1 amide bonds. The smallest absolute Gasteiger partial charge is 0.258 e. The molecule has 0 aromatic heterocycles. The Bertz CT molecular complexity index is 856. The van der Waals surface area contributed by atoms with Crippen LogP contribution >= 0.6 is 0 Å². The number of anilines is 1. The van der Waals surface area contributed by atoms with Gasteiger partial charge >= 0.3 is 0 Å². The number of benzene rings is 2. The first-order chi connectivity index (χ1) is 11.4. The summed E-state index contributed by atoms with van der Waals surface area (Å²) in [6.07, 6.45) is 3.98. The minimum atomic E-state index is -3.26. The fourth-order valence-corrected chi connectivity index (χ4v) is 3.88. The lowest BCUT2D eigenvalue weighted by atomic mass is 9.93. The zero-order chi connectivity index (χ0) is 17.3. The monoisotopic (exact) mass is 343 g/mol. The van der Waals surface area contributed by atoms with E-state index in [9.17, 15) is 13.2 Å². The van der Waals surface area contributed by atoms with Gasteiger partial charge in [-0.15, -0.1) is 0 Å². The molecule has 1 atom stereocenters. The molecule has 1 aliphatic rings. The van der Waals surface area contributed by atoms with E-state index in [0.717, 1.165) is 31.2 Å². The van der Waals surface area contributed by atoms with Gasteiger partial charge in [0.05, 0.1) is 4.90 Å². The second kappa shape index (κ2) is 6.40. The van der Waals surface area contributed by atoms with Crippen molar-refractivity contribution in [3.63, 3.8) is 0 Å². The number of carbonyl (C=O) groups is 1. The van der Waals surface area contributed by atoms with E-state index < -0.39 is 9.84 Å². The molecule has 0 radical (unpaired) electrons. The Morgan fingerprint density at radius 2 is 1.79 bits per heavy atom. The van der Waals surface area contributed by atoms with E-state index in [2.05, 4.69) is 13.0 Å². The van der Waals surface area contributed by atoms with Gasteiger partial charge in [0.25, 0.3) is 5.91 Å². The van der Waals surface area contributed by atoms with Gasteiger partial charge in [0, 0.05) is 23.5 Å². The topological polar surface area (TPSA) is 54.5 Å². The lowest BCUT2D eigenvalue weighted by Gasteiger charge is -2.37. The molecule has 4 nitrogen and oxygen atoms in total.